The highest BCUT2D eigenvalue weighted by molar-refractivity contribution is 8.03. The monoisotopic (exact) mass is 574 g/mol. The molecule has 1 heterocycles. The van der Waals surface area contributed by atoms with Crippen LogP contribution in [0, 0.1) is 11.3 Å². The van der Waals surface area contributed by atoms with Crippen molar-refractivity contribution in [3.8, 4) is 17.6 Å². The number of anilines is 2. The van der Waals surface area contributed by atoms with Gasteiger partial charge in [0.15, 0.2) is 0 Å². The first-order valence-electron chi connectivity index (χ1n) is 12.2. The molecule has 0 fully saturated rings. The van der Waals surface area contributed by atoms with Gasteiger partial charge in [-0.25, -0.2) is 0 Å². The summed E-state index contributed by atoms with van der Waals surface area (Å²) in [7, 11) is 3.03. The molecule has 0 bridgehead atoms. The summed E-state index contributed by atoms with van der Waals surface area (Å²) in [6.07, 6.45) is 0. The fourth-order valence-corrected chi connectivity index (χ4v) is 5.41. The highest BCUT2D eigenvalue weighted by Gasteiger charge is 2.35. The molecule has 0 aromatic heterocycles. The minimum atomic E-state index is -0.652. The Morgan fingerprint density at radius 1 is 0.975 bits per heavy atom. The van der Waals surface area contributed by atoms with Crippen LogP contribution in [0.2, 0.25) is 5.02 Å². The van der Waals surface area contributed by atoms with E-state index >= 15 is 0 Å². The third-order valence-corrected chi connectivity index (χ3v) is 7.42. The smallest absolute Gasteiger partial charge is 0.254 e. The number of rotatable bonds is 9. The summed E-state index contributed by atoms with van der Waals surface area (Å²) in [4.78, 5) is 26.5. The van der Waals surface area contributed by atoms with Crippen LogP contribution >= 0.6 is 23.4 Å². The second-order valence-electron chi connectivity index (χ2n) is 8.70. The number of thioether (sulfide) groups is 1. The van der Waals surface area contributed by atoms with E-state index in [0.717, 1.165) is 5.56 Å². The molecule has 3 aromatic rings. The van der Waals surface area contributed by atoms with Crippen molar-refractivity contribution in [3.63, 3.8) is 0 Å². The van der Waals surface area contributed by atoms with Crippen LogP contribution in [-0.4, -0.2) is 31.8 Å². The van der Waals surface area contributed by atoms with E-state index in [0.29, 0.717) is 49.8 Å². The molecule has 1 atom stereocenters. The lowest BCUT2D eigenvalue weighted by molar-refractivity contribution is -0.114. The molecule has 2 amide bonds. The predicted molar refractivity (Wildman–Crippen MR) is 158 cm³/mol. The Labute approximate surface area is 242 Å². The number of benzene rings is 3. The van der Waals surface area contributed by atoms with Crippen LogP contribution < -0.4 is 25.4 Å². The molecule has 10 heteroatoms. The largest absolute Gasteiger partial charge is 0.495 e. The van der Waals surface area contributed by atoms with Crippen LogP contribution in [0.3, 0.4) is 0 Å². The zero-order chi connectivity index (χ0) is 28.6. The van der Waals surface area contributed by atoms with Crippen molar-refractivity contribution < 1.29 is 19.1 Å². The Balaban J connectivity index is 1.62. The molecule has 8 nitrogen and oxygen atoms in total. The second kappa shape index (κ2) is 13.1. The van der Waals surface area contributed by atoms with Gasteiger partial charge in [0.2, 0.25) is 5.91 Å². The normalized spacial score (nSPS) is 14.6. The highest BCUT2D eigenvalue weighted by atomic mass is 35.5. The molecule has 1 unspecified atom stereocenters. The van der Waals surface area contributed by atoms with Crippen LogP contribution in [0.1, 0.15) is 18.4 Å². The van der Waals surface area contributed by atoms with Crippen molar-refractivity contribution in [3.05, 3.63) is 105 Å². The number of halogens is 1. The number of hydrogen-bond acceptors (Lipinski definition) is 7. The van der Waals surface area contributed by atoms with Crippen LogP contribution in [0.25, 0.3) is 0 Å². The number of nitriles is 1. The van der Waals surface area contributed by atoms with Crippen LogP contribution in [0.4, 0.5) is 11.4 Å². The molecular formula is C30H27ClN4O4S. The molecule has 3 aromatic carbocycles. The molecule has 0 saturated carbocycles. The lowest BCUT2D eigenvalue weighted by atomic mass is 9.82. The SMILES string of the molecule is COc1ccc(Cl)cc1NC(=O)CSC1=C(C#N)C(c2ccccc2)C(C(=O)Nc2ccccc2OC)=C(C)N1. The van der Waals surface area contributed by atoms with Gasteiger partial charge in [-0.3, -0.25) is 9.59 Å². The van der Waals surface area contributed by atoms with Crippen molar-refractivity contribution in [2.75, 3.05) is 30.6 Å². The summed E-state index contributed by atoms with van der Waals surface area (Å²) >= 11 is 7.26. The fourth-order valence-electron chi connectivity index (χ4n) is 4.35. The molecule has 40 heavy (non-hydrogen) atoms. The summed E-state index contributed by atoms with van der Waals surface area (Å²) in [6.45, 7) is 1.78. The molecule has 204 valence electrons. The van der Waals surface area contributed by atoms with Gasteiger partial charge in [-0.05, 0) is 42.8 Å². The van der Waals surface area contributed by atoms with E-state index in [1.54, 1.807) is 43.3 Å². The number of methoxy groups -OCH3 is 2. The molecule has 0 aliphatic carbocycles. The molecular weight excluding hydrogens is 548 g/mol. The Hall–Kier alpha value is -4.39. The summed E-state index contributed by atoms with van der Waals surface area (Å²) in [5.41, 5.74) is 3.03. The van der Waals surface area contributed by atoms with Gasteiger partial charge in [0.25, 0.3) is 5.91 Å². The lowest BCUT2D eigenvalue weighted by Gasteiger charge is -2.30. The standard InChI is InChI=1S/C30H27ClN4O4S/c1-18-27(29(37)35-22-11-7-8-12-24(22)38-2)28(19-9-5-4-6-10-19)21(16-32)30(33-18)40-17-26(36)34-23-15-20(31)13-14-25(23)39-3/h4-15,28,33H,17H2,1-3H3,(H,34,36)(H,35,37). The van der Waals surface area contributed by atoms with E-state index in [4.69, 9.17) is 21.1 Å². The Morgan fingerprint density at radius 3 is 2.35 bits per heavy atom. The van der Waals surface area contributed by atoms with Crippen LogP contribution in [0.5, 0.6) is 11.5 Å². The Kier molecular flexibility index (Phi) is 9.38. The zero-order valence-electron chi connectivity index (χ0n) is 22.1. The molecule has 1 aliphatic heterocycles. The van der Waals surface area contributed by atoms with Gasteiger partial charge in [-0.15, -0.1) is 0 Å². The molecule has 0 spiro atoms. The van der Waals surface area contributed by atoms with Gasteiger partial charge in [-0.1, -0.05) is 65.8 Å². The van der Waals surface area contributed by atoms with Crippen molar-refractivity contribution in [1.82, 2.24) is 5.32 Å². The minimum Gasteiger partial charge on any atom is -0.495 e. The zero-order valence-corrected chi connectivity index (χ0v) is 23.7. The van der Waals surface area contributed by atoms with Gasteiger partial charge in [0.1, 0.15) is 11.5 Å². The van der Waals surface area contributed by atoms with E-state index in [1.165, 1.54) is 26.0 Å². The third kappa shape index (κ3) is 6.42. The molecule has 0 saturated heterocycles. The fraction of sp³-hybridized carbons (Fsp3) is 0.167. The minimum absolute atomic E-state index is 0.000709. The molecule has 4 rings (SSSR count). The average Bonchev–Trinajstić information content (AvgIpc) is 2.96. The number of para-hydroxylation sites is 2. The summed E-state index contributed by atoms with van der Waals surface area (Å²) in [6, 6.07) is 23.7. The van der Waals surface area contributed by atoms with Crippen molar-refractivity contribution in [2.45, 2.75) is 12.8 Å². The first-order chi connectivity index (χ1) is 19.4. The van der Waals surface area contributed by atoms with E-state index in [1.807, 2.05) is 36.4 Å². The first kappa shape index (κ1) is 28.6. The number of nitrogens with zero attached hydrogens (tertiary/aromatic N) is 1. The van der Waals surface area contributed by atoms with Crippen molar-refractivity contribution in [2.24, 2.45) is 0 Å². The summed E-state index contributed by atoms with van der Waals surface area (Å²) < 4.78 is 10.7. The van der Waals surface area contributed by atoms with Gasteiger partial charge in [0.05, 0.1) is 53.9 Å². The number of amides is 2. The Bertz CT molecular complexity index is 1530. The number of carbonyl (C=O) groups excluding carboxylic acids is 2. The summed E-state index contributed by atoms with van der Waals surface area (Å²) in [5.74, 6) is -0.338. The van der Waals surface area contributed by atoms with Crippen molar-refractivity contribution in [1.29, 1.82) is 5.26 Å². The maximum atomic E-state index is 13.7. The van der Waals surface area contributed by atoms with E-state index in [2.05, 4.69) is 22.0 Å². The lowest BCUT2D eigenvalue weighted by Crippen LogP contribution is -2.31. The van der Waals surface area contributed by atoms with Gasteiger partial charge >= 0.3 is 0 Å². The van der Waals surface area contributed by atoms with Crippen molar-refractivity contribution >= 4 is 46.6 Å². The number of nitrogens with one attached hydrogen (secondary N) is 3. The van der Waals surface area contributed by atoms with E-state index < -0.39 is 5.92 Å². The average molecular weight is 575 g/mol. The number of hydrogen-bond donors (Lipinski definition) is 3. The Morgan fingerprint density at radius 2 is 1.65 bits per heavy atom. The second-order valence-corrected chi connectivity index (χ2v) is 10.1. The summed E-state index contributed by atoms with van der Waals surface area (Å²) in [5, 5.41) is 20.2. The molecule has 3 N–H and O–H groups in total. The third-order valence-electron chi connectivity index (χ3n) is 6.16. The molecule has 0 radical (unpaired) electrons. The highest BCUT2D eigenvalue weighted by Crippen LogP contribution is 2.41. The predicted octanol–water partition coefficient (Wildman–Crippen LogP) is 6.06. The van der Waals surface area contributed by atoms with Crippen LogP contribution in [-0.2, 0) is 9.59 Å². The van der Waals surface area contributed by atoms with E-state index in [9.17, 15) is 14.9 Å². The number of dihydropyridines is 1. The van der Waals surface area contributed by atoms with Gasteiger partial charge in [-0.2, -0.15) is 5.26 Å². The van der Waals surface area contributed by atoms with Gasteiger partial charge in [0, 0.05) is 16.3 Å². The maximum absolute atomic E-state index is 13.7. The number of ether oxygens (including phenoxy) is 2. The number of carbonyl (C=O) groups is 2. The van der Waals surface area contributed by atoms with E-state index in [-0.39, 0.29) is 17.6 Å². The quantitative estimate of drug-likeness (QED) is 0.284. The van der Waals surface area contributed by atoms with Crippen LogP contribution in [0.15, 0.2) is 94.7 Å². The topological polar surface area (TPSA) is 112 Å². The molecule has 1 aliphatic rings. The first-order valence-corrected chi connectivity index (χ1v) is 13.6. The van der Waals surface area contributed by atoms with Gasteiger partial charge < -0.3 is 25.4 Å². The maximum Gasteiger partial charge on any atom is 0.254 e. The number of allylic oxidation sites excluding steroid dienone is 2.